The number of carbonyl (C=O) groups is 2. The van der Waals surface area contributed by atoms with E-state index in [1.165, 1.54) is 7.11 Å². The molecule has 2 N–H and O–H groups in total. The number of rotatable bonds is 8. The molecular formula is C30H26Cl3NO5. The van der Waals surface area contributed by atoms with E-state index in [0.29, 0.717) is 49.7 Å². The maximum Gasteiger partial charge on any atom is 0.341 e. The SMILES string of the molecule is COC(=O)c1cccc2c1OC(c1ccc(OCC(C(=O)C3CC3)=C(N)c3c(Cl)cccc3Cl)cc1Cl)CC2. The average molecular weight is 587 g/mol. The smallest absolute Gasteiger partial charge is 0.341 e. The third-order valence-corrected chi connectivity index (χ3v) is 7.90. The van der Waals surface area contributed by atoms with Crippen molar-refractivity contribution in [2.75, 3.05) is 13.7 Å². The van der Waals surface area contributed by atoms with Gasteiger partial charge in [-0.3, -0.25) is 4.79 Å². The van der Waals surface area contributed by atoms with E-state index in [2.05, 4.69) is 0 Å². The summed E-state index contributed by atoms with van der Waals surface area (Å²) in [7, 11) is 1.34. The van der Waals surface area contributed by atoms with E-state index in [9.17, 15) is 9.59 Å². The molecule has 0 amide bonds. The summed E-state index contributed by atoms with van der Waals surface area (Å²) < 4.78 is 17.2. The average Bonchev–Trinajstić information content (AvgIpc) is 3.78. The van der Waals surface area contributed by atoms with Crippen molar-refractivity contribution in [1.82, 2.24) is 0 Å². The zero-order valence-corrected chi connectivity index (χ0v) is 23.4. The molecule has 1 aliphatic carbocycles. The first-order chi connectivity index (χ1) is 18.8. The number of aryl methyl sites for hydroxylation is 1. The number of hydrogen-bond acceptors (Lipinski definition) is 6. The highest BCUT2D eigenvalue weighted by Gasteiger charge is 2.34. The number of carbonyl (C=O) groups excluding carboxylic acids is 2. The summed E-state index contributed by atoms with van der Waals surface area (Å²) in [5.74, 6) is 0.384. The van der Waals surface area contributed by atoms with E-state index in [0.717, 1.165) is 30.4 Å². The molecule has 0 saturated heterocycles. The number of methoxy groups -OCH3 is 1. The Morgan fingerprint density at radius 2 is 1.69 bits per heavy atom. The second-order valence-electron chi connectivity index (χ2n) is 9.53. The van der Waals surface area contributed by atoms with Crippen LogP contribution in [-0.2, 0) is 16.0 Å². The number of ether oxygens (including phenoxy) is 3. The van der Waals surface area contributed by atoms with Crippen molar-refractivity contribution < 1.29 is 23.8 Å². The summed E-state index contributed by atoms with van der Waals surface area (Å²) in [6, 6.07) is 15.8. The Bertz CT molecular complexity index is 1460. The first-order valence-corrected chi connectivity index (χ1v) is 13.7. The molecule has 6 nitrogen and oxygen atoms in total. The van der Waals surface area contributed by atoms with Crippen LogP contribution in [0.5, 0.6) is 11.5 Å². The molecule has 3 aromatic rings. The van der Waals surface area contributed by atoms with Crippen molar-refractivity contribution >= 4 is 52.3 Å². The first kappa shape index (κ1) is 27.4. The van der Waals surface area contributed by atoms with Gasteiger partial charge in [-0.15, -0.1) is 0 Å². The zero-order chi connectivity index (χ0) is 27.7. The number of benzene rings is 3. The molecule has 1 aliphatic heterocycles. The Morgan fingerprint density at radius 3 is 2.36 bits per heavy atom. The van der Waals surface area contributed by atoms with E-state index in [-0.39, 0.29) is 30.1 Å². The second kappa shape index (κ2) is 11.5. The highest BCUT2D eigenvalue weighted by Crippen LogP contribution is 2.41. The predicted molar refractivity (Wildman–Crippen MR) is 152 cm³/mol. The van der Waals surface area contributed by atoms with Crippen molar-refractivity contribution in [1.29, 1.82) is 0 Å². The van der Waals surface area contributed by atoms with E-state index >= 15 is 0 Å². The van der Waals surface area contributed by atoms with Gasteiger partial charge in [-0.25, -0.2) is 4.79 Å². The van der Waals surface area contributed by atoms with E-state index in [4.69, 9.17) is 54.7 Å². The van der Waals surface area contributed by atoms with Crippen molar-refractivity contribution in [3.63, 3.8) is 0 Å². The predicted octanol–water partition coefficient (Wildman–Crippen LogP) is 7.23. The lowest BCUT2D eigenvalue weighted by molar-refractivity contribution is -0.116. The third-order valence-electron chi connectivity index (χ3n) is 6.94. The highest BCUT2D eigenvalue weighted by atomic mass is 35.5. The molecule has 1 fully saturated rings. The minimum atomic E-state index is -0.454. The molecule has 3 aromatic carbocycles. The first-order valence-electron chi connectivity index (χ1n) is 12.5. The number of nitrogens with two attached hydrogens (primary N) is 1. The van der Waals surface area contributed by atoms with Gasteiger partial charge in [0.1, 0.15) is 29.8 Å². The molecule has 1 unspecified atom stereocenters. The van der Waals surface area contributed by atoms with E-state index in [1.807, 2.05) is 18.2 Å². The molecule has 202 valence electrons. The number of Topliss-reactive ketones (excluding diaryl/α,β-unsaturated/α-hetero) is 1. The van der Waals surface area contributed by atoms with Crippen LogP contribution >= 0.6 is 34.8 Å². The molecule has 0 radical (unpaired) electrons. The largest absolute Gasteiger partial charge is 0.489 e. The fraction of sp³-hybridized carbons (Fsp3) is 0.267. The number of hydrogen-bond donors (Lipinski definition) is 1. The summed E-state index contributed by atoms with van der Waals surface area (Å²) in [6.45, 7) is -0.0613. The number of fused-ring (bicyclic) bond motifs is 1. The fourth-order valence-corrected chi connectivity index (χ4v) is 5.59. The van der Waals surface area contributed by atoms with Gasteiger partial charge in [0, 0.05) is 17.0 Å². The second-order valence-corrected chi connectivity index (χ2v) is 10.8. The van der Waals surface area contributed by atoms with Crippen molar-refractivity contribution in [2.24, 2.45) is 11.7 Å². The highest BCUT2D eigenvalue weighted by molar-refractivity contribution is 6.37. The van der Waals surface area contributed by atoms with Crippen molar-refractivity contribution in [3.05, 3.63) is 97.5 Å². The van der Waals surface area contributed by atoms with Gasteiger partial charge in [0.15, 0.2) is 5.78 Å². The summed E-state index contributed by atoms with van der Waals surface area (Å²) >= 11 is 19.4. The van der Waals surface area contributed by atoms with E-state index in [1.54, 1.807) is 36.4 Å². The molecule has 1 heterocycles. The third kappa shape index (κ3) is 5.74. The Balaban J connectivity index is 1.37. The number of halogens is 3. The summed E-state index contributed by atoms with van der Waals surface area (Å²) in [5.41, 5.74) is 9.49. The Morgan fingerprint density at radius 1 is 0.974 bits per heavy atom. The monoisotopic (exact) mass is 585 g/mol. The minimum absolute atomic E-state index is 0.0613. The minimum Gasteiger partial charge on any atom is -0.489 e. The molecular weight excluding hydrogens is 561 g/mol. The van der Waals surface area contributed by atoms with Gasteiger partial charge in [0.25, 0.3) is 0 Å². The van der Waals surface area contributed by atoms with Crippen LogP contribution in [0.1, 0.15) is 52.4 Å². The normalized spacial score (nSPS) is 17.0. The van der Waals surface area contributed by atoms with Crippen LogP contribution in [0.15, 0.2) is 60.2 Å². The van der Waals surface area contributed by atoms with Crippen molar-refractivity contribution in [2.45, 2.75) is 31.8 Å². The topological polar surface area (TPSA) is 87.9 Å². The van der Waals surface area contributed by atoms with E-state index < -0.39 is 5.97 Å². The van der Waals surface area contributed by atoms with Gasteiger partial charge in [-0.05, 0) is 61.6 Å². The number of esters is 1. The lowest BCUT2D eigenvalue weighted by Crippen LogP contribution is -2.19. The molecule has 2 aliphatic rings. The maximum absolute atomic E-state index is 13.1. The van der Waals surface area contributed by atoms with Gasteiger partial charge in [-0.2, -0.15) is 0 Å². The number of para-hydroxylation sites is 1. The zero-order valence-electron chi connectivity index (χ0n) is 21.1. The van der Waals surface area contributed by atoms with Crippen LogP contribution in [0.4, 0.5) is 0 Å². The lowest BCUT2D eigenvalue weighted by Gasteiger charge is -2.28. The standard InChI is InChI=1S/C30H26Cl3NO5/c1-37-30(36)20-5-2-4-17-10-13-25(39-29(17)20)19-12-11-18(14-24(19)33)38-15-21(28(35)16-8-9-16)27(34)26-22(31)6-3-7-23(26)32/h2-7,11-12,14,16,25H,8-10,13,15,34H2,1H3. The lowest BCUT2D eigenvalue weighted by atomic mass is 9.95. The summed E-state index contributed by atoms with van der Waals surface area (Å²) in [4.78, 5) is 25.4. The quantitative estimate of drug-likeness (QED) is 0.221. The Kier molecular flexibility index (Phi) is 8.08. The fourth-order valence-electron chi connectivity index (χ4n) is 4.69. The van der Waals surface area contributed by atoms with Crippen molar-refractivity contribution in [3.8, 4) is 11.5 Å². The summed E-state index contributed by atoms with van der Waals surface area (Å²) in [5, 5.41) is 1.16. The van der Waals surface area contributed by atoms with Gasteiger partial charge in [-0.1, -0.05) is 59.1 Å². The van der Waals surface area contributed by atoms with Gasteiger partial charge >= 0.3 is 5.97 Å². The van der Waals surface area contributed by atoms with Crippen LogP contribution in [-0.4, -0.2) is 25.5 Å². The van der Waals surface area contributed by atoms with Crippen LogP contribution in [0, 0.1) is 5.92 Å². The van der Waals surface area contributed by atoms with Crippen LogP contribution in [0.3, 0.4) is 0 Å². The van der Waals surface area contributed by atoms with Crippen LogP contribution < -0.4 is 15.2 Å². The molecule has 0 bridgehead atoms. The molecule has 5 rings (SSSR count). The Labute approximate surface area is 241 Å². The Hall–Kier alpha value is -3.19. The number of ketones is 1. The van der Waals surface area contributed by atoms with Crippen LogP contribution in [0.2, 0.25) is 15.1 Å². The molecule has 1 saturated carbocycles. The molecule has 1 atom stereocenters. The van der Waals surface area contributed by atoms with Crippen LogP contribution in [0.25, 0.3) is 5.70 Å². The van der Waals surface area contributed by atoms with Gasteiger partial charge < -0.3 is 19.9 Å². The molecule has 0 spiro atoms. The molecule has 39 heavy (non-hydrogen) atoms. The molecule has 9 heteroatoms. The van der Waals surface area contributed by atoms with Gasteiger partial charge in [0.2, 0.25) is 0 Å². The maximum atomic E-state index is 13.1. The summed E-state index contributed by atoms with van der Waals surface area (Å²) in [6.07, 6.45) is 2.69. The molecule has 0 aromatic heterocycles. The van der Waals surface area contributed by atoms with Gasteiger partial charge in [0.05, 0.1) is 33.4 Å².